The van der Waals surface area contributed by atoms with E-state index < -0.39 is 12.1 Å². The summed E-state index contributed by atoms with van der Waals surface area (Å²) >= 11 is 1.34. The molecule has 3 aromatic rings. The van der Waals surface area contributed by atoms with Gasteiger partial charge in [-0.25, -0.2) is 0 Å². The molecule has 2 atom stereocenters. The number of ether oxygens (including phenoxy) is 1. The highest BCUT2D eigenvalue weighted by Crippen LogP contribution is 2.30. The van der Waals surface area contributed by atoms with Crippen LogP contribution in [0.4, 0.5) is 5.69 Å². The van der Waals surface area contributed by atoms with Crippen LogP contribution in [0.1, 0.15) is 37.6 Å². The van der Waals surface area contributed by atoms with E-state index in [0.717, 1.165) is 16.9 Å². The van der Waals surface area contributed by atoms with E-state index in [-0.39, 0.29) is 17.7 Å². The Kier molecular flexibility index (Phi) is 5.90. The molecule has 172 valence electrons. The summed E-state index contributed by atoms with van der Waals surface area (Å²) in [6.45, 7) is 0.400. The van der Waals surface area contributed by atoms with E-state index >= 15 is 0 Å². The monoisotopic (exact) mass is 473 g/mol. The molecule has 0 saturated carbocycles. The topological polar surface area (TPSA) is 87.7 Å². The van der Waals surface area contributed by atoms with Crippen LogP contribution in [0.25, 0.3) is 12.2 Å². The minimum Gasteiger partial charge on any atom is -0.497 e. The maximum absolute atomic E-state index is 13.4. The summed E-state index contributed by atoms with van der Waals surface area (Å²) in [4.78, 5) is 41.2. The number of carbonyl (C=O) groups excluding carboxylic acids is 3. The number of rotatable bonds is 5. The molecule has 1 fully saturated rings. The molecule has 0 aliphatic carbocycles. The highest BCUT2D eigenvalue weighted by atomic mass is 32.1. The van der Waals surface area contributed by atoms with Gasteiger partial charge in [-0.15, -0.1) is 11.3 Å². The summed E-state index contributed by atoms with van der Waals surface area (Å²) in [5.74, 6) is 0.0527. The Labute approximate surface area is 201 Å². The van der Waals surface area contributed by atoms with E-state index in [1.54, 1.807) is 36.3 Å². The number of amides is 3. The third-order valence-corrected chi connectivity index (χ3v) is 6.97. The summed E-state index contributed by atoms with van der Waals surface area (Å²) in [6, 6.07) is 15.4. The first-order chi connectivity index (χ1) is 16.5. The molecule has 0 radical (unpaired) electrons. The maximum atomic E-state index is 13.4. The van der Waals surface area contributed by atoms with Gasteiger partial charge in [-0.2, -0.15) is 0 Å². The van der Waals surface area contributed by atoms with Gasteiger partial charge in [0.05, 0.1) is 29.3 Å². The Morgan fingerprint density at radius 2 is 1.88 bits per heavy atom. The van der Waals surface area contributed by atoms with Crippen LogP contribution in [0, 0.1) is 0 Å². The molecule has 2 N–H and O–H groups in total. The zero-order valence-corrected chi connectivity index (χ0v) is 19.3. The van der Waals surface area contributed by atoms with E-state index in [9.17, 15) is 14.4 Å². The molecule has 0 bridgehead atoms. The van der Waals surface area contributed by atoms with E-state index in [2.05, 4.69) is 10.6 Å². The Balaban J connectivity index is 1.36. The number of hydrogen-bond donors (Lipinski definition) is 2. The van der Waals surface area contributed by atoms with Crippen LogP contribution < -0.4 is 15.4 Å². The molecule has 2 aliphatic rings. The van der Waals surface area contributed by atoms with Crippen molar-refractivity contribution in [2.75, 3.05) is 19.0 Å². The molecule has 2 unspecified atom stereocenters. The summed E-state index contributed by atoms with van der Waals surface area (Å²) in [5, 5.41) is 7.66. The molecule has 1 aromatic heterocycles. The Bertz CT molecular complexity index is 1270. The van der Waals surface area contributed by atoms with Crippen LogP contribution in [-0.2, 0) is 4.79 Å². The van der Waals surface area contributed by atoms with Crippen molar-refractivity contribution in [1.29, 1.82) is 0 Å². The van der Waals surface area contributed by atoms with Gasteiger partial charge in [0, 0.05) is 6.54 Å². The van der Waals surface area contributed by atoms with Crippen LogP contribution in [0.2, 0.25) is 0 Å². The third kappa shape index (κ3) is 4.20. The summed E-state index contributed by atoms with van der Waals surface area (Å²) in [5.41, 5.74) is 2.77. The van der Waals surface area contributed by atoms with E-state index in [1.165, 1.54) is 11.3 Å². The predicted octanol–water partition coefficient (Wildman–Crippen LogP) is 3.89. The fourth-order valence-corrected chi connectivity index (χ4v) is 4.99. The number of hydrogen-bond acceptors (Lipinski definition) is 5. The molecule has 3 heterocycles. The van der Waals surface area contributed by atoms with Crippen molar-refractivity contribution in [3.05, 3.63) is 81.5 Å². The van der Waals surface area contributed by atoms with Crippen LogP contribution in [0.3, 0.4) is 0 Å². The lowest BCUT2D eigenvalue weighted by molar-refractivity contribution is -0.120. The second-order valence-electron chi connectivity index (χ2n) is 8.19. The van der Waals surface area contributed by atoms with Crippen molar-refractivity contribution in [2.45, 2.75) is 18.5 Å². The number of nitrogens with one attached hydrogen (secondary N) is 2. The average Bonchev–Trinajstić information content (AvgIpc) is 3.52. The van der Waals surface area contributed by atoms with Crippen LogP contribution >= 0.6 is 11.3 Å². The molecule has 5 rings (SSSR count). The van der Waals surface area contributed by atoms with E-state index in [4.69, 9.17) is 4.74 Å². The molecular weight excluding hydrogens is 450 g/mol. The van der Waals surface area contributed by atoms with Crippen LogP contribution in [-0.4, -0.2) is 48.4 Å². The maximum Gasteiger partial charge on any atom is 0.261 e. The zero-order valence-electron chi connectivity index (χ0n) is 18.5. The molecule has 0 spiro atoms. The first-order valence-electron chi connectivity index (χ1n) is 11.0. The zero-order chi connectivity index (χ0) is 23.7. The number of nitrogens with zero attached hydrogens (tertiary/aromatic N) is 1. The smallest absolute Gasteiger partial charge is 0.261 e. The lowest BCUT2D eigenvalue weighted by Crippen LogP contribution is -2.51. The quantitative estimate of drug-likeness (QED) is 0.551. The normalized spacial score (nSPS) is 19.4. The van der Waals surface area contributed by atoms with Crippen molar-refractivity contribution in [2.24, 2.45) is 0 Å². The highest BCUT2D eigenvalue weighted by Gasteiger charge is 2.45. The molecule has 2 aliphatic heterocycles. The van der Waals surface area contributed by atoms with Gasteiger partial charge in [-0.1, -0.05) is 36.4 Å². The summed E-state index contributed by atoms with van der Waals surface area (Å²) in [7, 11) is 1.63. The molecule has 7 nitrogen and oxygen atoms in total. The minimum absolute atomic E-state index is 0.217. The second-order valence-corrected chi connectivity index (χ2v) is 9.14. The van der Waals surface area contributed by atoms with Crippen LogP contribution in [0.5, 0.6) is 5.75 Å². The molecule has 34 heavy (non-hydrogen) atoms. The third-order valence-electron chi connectivity index (χ3n) is 6.10. The Hall–Kier alpha value is -3.91. The predicted molar refractivity (Wildman–Crippen MR) is 132 cm³/mol. The highest BCUT2D eigenvalue weighted by molar-refractivity contribution is 7.12. The van der Waals surface area contributed by atoms with E-state index in [0.29, 0.717) is 29.1 Å². The van der Waals surface area contributed by atoms with Crippen molar-refractivity contribution in [3.63, 3.8) is 0 Å². The average molecular weight is 474 g/mol. The fourth-order valence-electron chi connectivity index (χ4n) is 4.36. The van der Waals surface area contributed by atoms with Crippen molar-refractivity contribution >= 4 is 46.9 Å². The molecule has 8 heteroatoms. The molecule has 3 amide bonds. The Morgan fingerprint density at radius 3 is 2.62 bits per heavy atom. The number of benzene rings is 2. The lowest BCUT2D eigenvalue weighted by Gasteiger charge is -2.24. The van der Waals surface area contributed by atoms with Gasteiger partial charge in [0.15, 0.2) is 0 Å². The summed E-state index contributed by atoms with van der Waals surface area (Å²) in [6.07, 6.45) is 4.40. The van der Waals surface area contributed by atoms with Crippen molar-refractivity contribution in [1.82, 2.24) is 10.2 Å². The minimum atomic E-state index is -0.748. The Morgan fingerprint density at radius 1 is 1.12 bits per heavy atom. The fraction of sp³-hybridized carbons (Fsp3) is 0.192. The molecule has 2 aromatic carbocycles. The number of carbonyl (C=O) groups is 3. The van der Waals surface area contributed by atoms with Gasteiger partial charge in [-0.3, -0.25) is 14.4 Å². The summed E-state index contributed by atoms with van der Waals surface area (Å²) < 4.78 is 5.18. The first-order valence-corrected chi connectivity index (χ1v) is 11.8. The standard InChI is InChI=1S/C26H23N3O4S/c1-33-18-9-6-16(7-10-18)4-5-17-8-11-20-19(15-17)26(32)29-13-12-21(23(29)25(31)27-20)28-24(30)22-3-2-14-34-22/h2-11,14-15,21,23H,12-13H2,1H3,(H,27,31)(H,28,30). The van der Waals surface area contributed by atoms with Crippen molar-refractivity contribution < 1.29 is 19.1 Å². The number of methoxy groups -OCH3 is 1. The van der Waals surface area contributed by atoms with Crippen molar-refractivity contribution in [3.8, 4) is 5.75 Å². The van der Waals surface area contributed by atoms with E-state index in [1.807, 2.05) is 47.9 Å². The molecule has 1 saturated heterocycles. The SMILES string of the molecule is COc1ccc(C=Cc2ccc3c(c2)C(=O)N2CCC(NC(=O)c4cccs4)C2C(=O)N3)cc1. The molecular formula is C26H23N3O4S. The van der Waals surface area contributed by atoms with Crippen LogP contribution in [0.15, 0.2) is 60.0 Å². The number of anilines is 1. The lowest BCUT2D eigenvalue weighted by atomic mass is 10.1. The van der Waals surface area contributed by atoms with Gasteiger partial charge in [0.2, 0.25) is 5.91 Å². The second kappa shape index (κ2) is 9.15. The van der Waals surface area contributed by atoms with Gasteiger partial charge < -0.3 is 20.3 Å². The van der Waals surface area contributed by atoms with Gasteiger partial charge in [-0.05, 0) is 53.3 Å². The number of fused-ring (bicyclic) bond motifs is 2. The first kappa shape index (κ1) is 21.9. The van der Waals surface area contributed by atoms with Gasteiger partial charge in [0.1, 0.15) is 11.8 Å². The van der Waals surface area contributed by atoms with Gasteiger partial charge >= 0.3 is 0 Å². The number of thiophene rings is 1. The largest absolute Gasteiger partial charge is 0.497 e. The van der Waals surface area contributed by atoms with Gasteiger partial charge in [0.25, 0.3) is 11.8 Å².